The smallest absolute Gasteiger partial charge is 0.125 e. The number of aryl methyl sites for hydroxylation is 1. The van der Waals surface area contributed by atoms with Gasteiger partial charge in [-0.3, -0.25) is 4.68 Å². The van der Waals surface area contributed by atoms with Crippen molar-refractivity contribution in [1.29, 1.82) is 0 Å². The second kappa shape index (κ2) is 8.76. The van der Waals surface area contributed by atoms with Gasteiger partial charge < -0.3 is 9.84 Å². The lowest BCUT2D eigenvalue weighted by atomic mass is 10.1. The molecule has 1 heterocycles. The number of para-hydroxylation sites is 1. The number of hydrogen-bond donors (Lipinski definition) is 1. The standard InChI is InChI=1S/C20H22N2O2/c1-4-8-16(9-7-14-24-3)12-13-17-15-22(2)21-20(17)18-10-5-6-11-19(18)23/h5-11,15,23H,4,14H2,1-3H3/b9-7-,16-8+. The van der Waals surface area contributed by atoms with Gasteiger partial charge in [0.15, 0.2) is 0 Å². The van der Waals surface area contributed by atoms with Crippen LogP contribution in [0.15, 0.2) is 54.3 Å². The molecular formula is C20H22N2O2. The first-order chi connectivity index (χ1) is 11.7. The van der Waals surface area contributed by atoms with Gasteiger partial charge in [-0.2, -0.15) is 5.10 Å². The van der Waals surface area contributed by atoms with E-state index in [4.69, 9.17) is 4.74 Å². The van der Waals surface area contributed by atoms with Gasteiger partial charge in [0.25, 0.3) is 0 Å². The van der Waals surface area contributed by atoms with Crippen LogP contribution in [0, 0.1) is 11.8 Å². The zero-order valence-electron chi connectivity index (χ0n) is 14.3. The molecule has 4 nitrogen and oxygen atoms in total. The van der Waals surface area contributed by atoms with Crippen molar-refractivity contribution < 1.29 is 9.84 Å². The molecule has 0 bridgehead atoms. The molecule has 0 fully saturated rings. The Balaban J connectivity index is 2.38. The average molecular weight is 322 g/mol. The number of methoxy groups -OCH3 is 1. The minimum Gasteiger partial charge on any atom is -0.507 e. The van der Waals surface area contributed by atoms with E-state index in [1.165, 1.54) is 0 Å². The van der Waals surface area contributed by atoms with Crippen molar-refractivity contribution >= 4 is 0 Å². The lowest BCUT2D eigenvalue weighted by Crippen LogP contribution is -1.88. The van der Waals surface area contributed by atoms with E-state index >= 15 is 0 Å². The highest BCUT2D eigenvalue weighted by Gasteiger charge is 2.11. The minimum absolute atomic E-state index is 0.198. The summed E-state index contributed by atoms with van der Waals surface area (Å²) in [7, 11) is 3.50. The van der Waals surface area contributed by atoms with E-state index in [-0.39, 0.29) is 5.75 Å². The predicted octanol–water partition coefficient (Wildman–Crippen LogP) is 3.68. The maximum Gasteiger partial charge on any atom is 0.125 e. The molecule has 24 heavy (non-hydrogen) atoms. The maximum absolute atomic E-state index is 10.1. The Hall–Kier alpha value is -2.77. The van der Waals surface area contributed by atoms with Gasteiger partial charge in [-0.25, -0.2) is 0 Å². The molecule has 0 saturated carbocycles. The van der Waals surface area contributed by atoms with Crippen LogP contribution in [0.4, 0.5) is 0 Å². The van der Waals surface area contributed by atoms with E-state index in [0.29, 0.717) is 17.9 Å². The fourth-order valence-electron chi connectivity index (χ4n) is 2.24. The molecule has 0 saturated heterocycles. The molecular weight excluding hydrogens is 300 g/mol. The highest BCUT2D eigenvalue weighted by Crippen LogP contribution is 2.29. The van der Waals surface area contributed by atoms with E-state index < -0.39 is 0 Å². The Labute approximate surface area is 143 Å². The number of hydrogen-bond acceptors (Lipinski definition) is 3. The molecule has 1 aromatic carbocycles. The van der Waals surface area contributed by atoms with Crippen molar-refractivity contribution in [2.24, 2.45) is 7.05 Å². The van der Waals surface area contributed by atoms with Gasteiger partial charge >= 0.3 is 0 Å². The van der Waals surface area contributed by atoms with Gasteiger partial charge in [0.05, 0.1) is 12.2 Å². The van der Waals surface area contributed by atoms with Crippen LogP contribution in [0.1, 0.15) is 18.9 Å². The Morgan fingerprint density at radius 2 is 2.17 bits per heavy atom. The number of nitrogens with zero attached hydrogens (tertiary/aromatic N) is 2. The SMILES string of the molecule is CC/C=C(C#Cc1cn(C)nc1-c1ccccc1O)\C=C/COC. The molecule has 0 spiro atoms. The summed E-state index contributed by atoms with van der Waals surface area (Å²) < 4.78 is 6.73. The molecule has 0 amide bonds. The number of aromatic hydroxyl groups is 1. The van der Waals surface area contributed by atoms with E-state index in [0.717, 1.165) is 17.6 Å². The third-order valence-electron chi connectivity index (χ3n) is 3.31. The Morgan fingerprint density at radius 1 is 1.38 bits per heavy atom. The number of phenolic OH excluding ortho intramolecular Hbond substituents is 1. The highest BCUT2D eigenvalue weighted by atomic mass is 16.5. The van der Waals surface area contributed by atoms with Gasteiger partial charge in [-0.15, -0.1) is 0 Å². The molecule has 0 radical (unpaired) electrons. The second-order valence-electron chi connectivity index (χ2n) is 5.26. The molecule has 4 heteroatoms. The van der Waals surface area contributed by atoms with E-state index in [2.05, 4.69) is 29.9 Å². The summed E-state index contributed by atoms with van der Waals surface area (Å²) in [5.74, 6) is 6.54. The topological polar surface area (TPSA) is 47.3 Å². The third kappa shape index (κ3) is 4.61. The normalized spacial score (nSPS) is 11.5. The number of aromatic nitrogens is 2. The third-order valence-corrected chi connectivity index (χ3v) is 3.31. The average Bonchev–Trinajstić information content (AvgIpc) is 2.94. The predicted molar refractivity (Wildman–Crippen MR) is 96.6 cm³/mol. The van der Waals surface area contributed by atoms with Crippen molar-refractivity contribution in [3.8, 4) is 28.8 Å². The number of phenols is 1. The van der Waals surface area contributed by atoms with Gasteiger partial charge in [-0.05, 0) is 24.6 Å². The first-order valence-corrected chi connectivity index (χ1v) is 7.85. The molecule has 0 aliphatic carbocycles. The van der Waals surface area contributed by atoms with Crippen LogP contribution in [0.2, 0.25) is 0 Å². The van der Waals surface area contributed by atoms with Crippen LogP contribution in [-0.4, -0.2) is 28.6 Å². The maximum atomic E-state index is 10.1. The summed E-state index contributed by atoms with van der Waals surface area (Å²) in [4.78, 5) is 0. The molecule has 0 aliphatic heterocycles. The largest absolute Gasteiger partial charge is 0.507 e. The van der Waals surface area contributed by atoms with Gasteiger partial charge in [-0.1, -0.05) is 43.0 Å². The Kier molecular flexibility index (Phi) is 6.41. The fraction of sp³-hybridized carbons (Fsp3) is 0.250. The van der Waals surface area contributed by atoms with Gasteiger partial charge in [0.2, 0.25) is 0 Å². The summed E-state index contributed by atoms with van der Waals surface area (Å²) in [5, 5.41) is 14.5. The lowest BCUT2D eigenvalue weighted by molar-refractivity contribution is 0.234. The second-order valence-corrected chi connectivity index (χ2v) is 5.26. The molecule has 0 unspecified atom stereocenters. The molecule has 1 aromatic heterocycles. The summed E-state index contributed by atoms with van der Waals surface area (Å²) in [6.07, 6.45) is 8.71. The minimum atomic E-state index is 0.198. The Bertz CT molecular complexity index is 805. The molecule has 1 N–H and O–H groups in total. The Morgan fingerprint density at radius 3 is 2.88 bits per heavy atom. The molecule has 0 aliphatic rings. The summed E-state index contributed by atoms with van der Waals surface area (Å²) in [6.45, 7) is 2.63. The van der Waals surface area contributed by atoms with Crippen molar-refractivity contribution in [2.45, 2.75) is 13.3 Å². The number of allylic oxidation sites excluding steroid dienone is 3. The van der Waals surface area contributed by atoms with Crippen molar-refractivity contribution in [2.75, 3.05) is 13.7 Å². The van der Waals surface area contributed by atoms with E-state index in [9.17, 15) is 5.11 Å². The van der Waals surface area contributed by atoms with Gasteiger partial charge in [0, 0.05) is 31.5 Å². The first kappa shape index (κ1) is 17.6. The van der Waals surface area contributed by atoms with Crippen LogP contribution in [0.5, 0.6) is 5.75 Å². The van der Waals surface area contributed by atoms with E-state index in [1.807, 2.05) is 37.5 Å². The van der Waals surface area contributed by atoms with Crippen molar-refractivity contribution in [3.63, 3.8) is 0 Å². The number of ether oxygens (including phenoxy) is 1. The van der Waals surface area contributed by atoms with Gasteiger partial charge in [0.1, 0.15) is 11.4 Å². The monoisotopic (exact) mass is 322 g/mol. The summed E-state index contributed by atoms with van der Waals surface area (Å²) in [5.41, 5.74) is 3.07. The van der Waals surface area contributed by atoms with Crippen LogP contribution in [0.25, 0.3) is 11.3 Å². The van der Waals surface area contributed by atoms with Crippen LogP contribution in [0.3, 0.4) is 0 Å². The number of rotatable bonds is 5. The fourth-order valence-corrected chi connectivity index (χ4v) is 2.24. The summed E-state index contributed by atoms with van der Waals surface area (Å²) >= 11 is 0. The lowest BCUT2D eigenvalue weighted by Gasteiger charge is -2.00. The molecule has 2 rings (SSSR count). The molecule has 124 valence electrons. The zero-order valence-corrected chi connectivity index (χ0v) is 14.3. The number of benzene rings is 1. The van der Waals surface area contributed by atoms with Crippen LogP contribution in [-0.2, 0) is 11.8 Å². The van der Waals surface area contributed by atoms with Crippen LogP contribution >= 0.6 is 0 Å². The molecule has 0 atom stereocenters. The van der Waals surface area contributed by atoms with E-state index in [1.54, 1.807) is 23.9 Å². The van der Waals surface area contributed by atoms with Crippen molar-refractivity contribution in [3.05, 3.63) is 59.8 Å². The quantitative estimate of drug-likeness (QED) is 0.675. The van der Waals surface area contributed by atoms with Crippen molar-refractivity contribution in [1.82, 2.24) is 9.78 Å². The highest BCUT2D eigenvalue weighted by molar-refractivity contribution is 5.72. The van der Waals surface area contributed by atoms with Crippen LogP contribution < -0.4 is 0 Å². The first-order valence-electron chi connectivity index (χ1n) is 7.85. The summed E-state index contributed by atoms with van der Waals surface area (Å²) in [6, 6.07) is 7.15. The zero-order chi connectivity index (χ0) is 17.4. The molecule has 2 aromatic rings.